The van der Waals surface area contributed by atoms with Crippen molar-refractivity contribution in [1.82, 2.24) is 10.6 Å². The molecular formula is C16H20N2O. The first-order chi connectivity index (χ1) is 9.34. The van der Waals surface area contributed by atoms with Gasteiger partial charge in [0.05, 0.1) is 6.04 Å². The van der Waals surface area contributed by atoms with Gasteiger partial charge >= 0.3 is 0 Å². The second-order valence-corrected chi connectivity index (χ2v) is 6.15. The van der Waals surface area contributed by atoms with Gasteiger partial charge < -0.3 is 10.6 Å². The van der Waals surface area contributed by atoms with Crippen LogP contribution in [0.2, 0.25) is 0 Å². The lowest BCUT2D eigenvalue weighted by Gasteiger charge is -2.12. The minimum Gasteiger partial charge on any atom is -0.354 e. The SMILES string of the molecule is O=C(NCC1C2Cc3ccccc3C12)C1CCCN1. The molecule has 3 nitrogen and oxygen atoms in total. The van der Waals surface area contributed by atoms with Gasteiger partial charge in [0.2, 0.25) is 5.91 Å². The van der Waals surface area contributed by atoms with Gasteiger partial charge in [-0.15, -0.1) is 0 Å². The second kappa shape index (κ2) is 4.34. The van der Waals surface area contributed by atoms with Crippen molar-refractivity contribution in [3.05, 3.63) is 35.4 Å². The average Bonchev–Trinajstić information content (AvgIpc) is 2.87. The van der Waals surface area contributed by atoms with Crippen LogP contribution in [-0.4, -0.2) is 25.0 Å². The zero-order chi connectivity index (χ0) is 12.8. The standard InChI is InChI=1S/C16H20N2O/c19-16(14-6-3-7-17-14)18-9-13-12-8-10-4-1-2-5-11(10)15(12)13/h1-2,4-5,12-15,17H,3,6-9H2,(H,18,19). The molecule has 1 aliphatic heterocycles. The quantitative estimate of drug-likeness (QED) is 0.859. The molecule has 4 unspecified atom stereocenters. The van der Waals surface area contributed by atoms with Gasteiger partial charge in [0.15, 0.2) is 0 Å². The zero-order valence-corrected chi connectivity index (χ0v) is 11.1. The third-order valence-corrected chi connectivity index (χ3v) is 5.09. The summed E-state index contributed by atoms with van der Waals surface area (Å²) in [5.74, 6) is 2.39. The maximum absolute atomic E-state index is 12.0. The minimum absolute atomic E-state index is 0.0610. The summed E-state index contributed by atoms with van der Waals surface area (Å²) in [6.45, 7) is 1.85. The summed E-state index contributed by atoms with van der Waals surface area (Å²) < 4.78 is 0. The Balaban J connectivity index is 1.34. The van der Waals surface area contributed by atoms with Crippen LogP contribution in [0.15, 0.2) is 24.3 Å². The van der Waals surface area contributed by atoms with Gasteiger partial charge in [-0.05, 0) is 54.7 Å². The number of nitrogens with one attached hydrogen (secondary N) is 2. The summed E-state index contributed by atoms with van der Waals surface area (Å²) >= 11 is 0. The summed E-state index contributed by atoms with van der Waals surface area (Å²) in [4.78, 5) is 12.0. The predicted molar refractivity (Wildman–Crippen MR) is 73.9 cm³/mol. The molecule has 2 fully saturated rings. The van der Waals surface area contributed by atoms with Crippen LogP contribution < -0.4 is 10.6 Å². The topological polar surface area (TPSA) is 41.1 Å². The van der Waals surface area contributed by atoms with Crippen LogP contribution in [0.5, 0.6) is 0 Å². The van der Waals surface area contributed by atoms with Crippen molar-refractivity contribution in [2.75, 3.05) is 13.1 Å². The number of amides is 1. The Kier molecular flexibility index (Phi) is 2.62. The molecule has 100 valence electrons. The van der Waals surface area contributed by atoms with Gasteiger partial charge in [0, 0.05) is 6.54 Å². The fourth-order valence-electron chi connectivity index (χ4n) is 4.01. The maximum atomic E-state index is 12.0. The van der Waals surface area contributed by atoms with Gasteiger partial charge in [0.25, 0.3) is 0 Å². The van der Waals surface area contributed by atoms with Crippen molar-refractivity contribution in [2.45, 2.75) is 31.2 Å². The van der Waals surface area contributed by atoms with Gasteiger partial charge in [-0.3, -0.25) is 4.79 Å². The number of carbonyl (C=O) groups excluding carboxylic acids is 1. The third-order valence-electron chi connectivity index (χ3n) is 5.09. The van der Waals surface area contributed by atoms with Crippen molar-refractivity contribution in [2.24, 2.45) is 11.8 Å². The molecule has 0 spiro atoms. The van der Waals surface area contributed by atoms with Crippen LogP contribution in [0, 0.1) is 11.8 Å². The van der Waals surface area contributed by atoms with Crippen LogP contribution >= 0.6 is 0 Å². The fraction of sp³-hybridized carbons (Fsp3) is 0.562. The first-order valence-corrected chi connectivity index (χ1v) is 7.43. The molecule has 1 saturated heterocycles. The molecule has 0 bridgehead atoms. The van der Waals surface area contributed by atoms with Crippen molar-refractivity contribution in [3.63, 3.8) is 0 Å². The van der Waals surface area contributed by atoms with Crippen LogP contribution in [0.4, 0.5) is 0 Å². The highest BCUT2D eigenvalue weighted by Crippen LogP contribution is 2.60. The zero-order valence-electron chi connectivity index (χ0n) is 11.1. The van der Waals surface area contributed by atoms with E-state index in [1.807, 2.05) is 0 Å². The first kappa shape index (κ1) is 11.5. The van der Waals surface area contributed by atoms with E-state index in [2.05, 4.69) is 34.9 Å². The Bertz CT molecular complexity index is 507. The van der Waals surface area contributed by atoms with Crippen molar-refractivity contribution in [1.29, 1.82) is 0 Å². The molecular weight excluding hydrogens is 236 g/mol. The third kappa shape index (κ3) is 1.88. The number of rotatable bonds is 3. The molecule has 1 saturated carbocycles. The molecule has 0 radical (unpaired) electrons. The summed E-state index contributed by atoms with van der Waals surface area (Å²) in [6, 6.07) is 8.84. The van der Waals surface area contributed by atoms with Gasteiger partial charge in [-0.1, -0.05) is 24.3 Å². The fourth-order valence-corrected chi connectivity index (χ4v) is 4.01. The monoisotopic (exact) mass is 256 g/mol. The number of carbonyl (C=O) groups is 1. The highest BCUT2D eigenvalue weighted by molar-refractivity contribution is 5.82. The van der Waals surface area contributed by atoms with Crippen molar-refractivity contribution >= 4 is 5.91 Å². The number of benzene rings is 1. The Morgan fingerprint density at radius 3 is 3.11 bits per heavy atom. The summed E-state index contributed by atoms with van der Waals surface area (Å²) in [5, 5.41) is 6.40. The minimum atomic E-state index is 0.0610. The molecule has 1 heterocycles. The smallest absolute Gasteiger partial charge is 0.237 e. The molecule has 2 aliphatic carbocycles. The van der Waals surface area contributed by atoms with E-state index in [-0.39, 0.29) is 11.9 Å². The van der Waals surface area contributed by atoms with E-state index in [0.717, 1.165) is 31.8 Å². The number of hydrogen-bond acceptors (Lipinski definition) is 2. The molecule has 1 amide bonds. The highest BCUT2D eigenvalue weighted by Gasteiger charge is 2.55. The summed E-state index contributed by atoms with van der Waals surface area (Å²) in [5.41, 5.74) is 3.06. The first-order valence-electron chi connectivity index (χ1n) is 7.43. The maximum Gasteiger partial charge on any atom is 0.237 e. The van der Waals surface area contributed by atoms with Crippen LogP contribution in [-0.2, 0) is 11.2 Å². The molecule has 2 N–H and O–H groups in total. The van der Waals surface area contributed by atoms with Crippen LogP contribution in [0.3, 0.4) is 0 Å². The van der Waals surface area contributed by atoms with Crippen molar-refractivity contribution in [3.8, 4) is 0 Å². The van der Waals surface area contributed by atoms with Gasteiger partial charge in [-0.2, -0.15) is 0 Å². The largest absolute Gasteiger partial charge is 0.354 e. The van der Waals surface area contributed by atoms with Gasteiger partial charge in [0.1, 0.15) is 0 Å². The lowest BCUT2D eigenvalue weighted by atomic mass is 10.0. The molecule has 0 aromatic heterocycles. The molecule has 4 atom stereocenters. The van der Waals surface area contributed by atoms with E-state index < -0.39 is 0 Å². The second-order valence-electron chi connectivity index (χ2n) is 6.15. The van der Waals surface area contributed by atoms with E-state index in [1.54, 1.807) is 0 Å². The van der Waals surface area contributed by atoms with E-state index in [1.165, 1.54) is 17.5 Å². The van der Waals surface area contributed by atoms with Crippen molar-refractivity contribution < 1.29 is 4.79 Å². The van der Waals surface area contributed by atoms with Gasteiger partial charge in [-0.25, -0.2) is 0 Å². The molecule has 1 aromatic carbocycles. The van der Waals surface area contributed by atoms with E-state index in [0.29, 0.717) is 11.8 Å². The van der Waals surface area contributed by atoms with Crippen LogP contribution in [0.25, 0.3) is 0 Å². The number of fused-ring (bicyclic) bond motifs is 3. The average molecular weight is 256 g/mol. The molecule has 3 aliphatic rings. The Morgan fingerprint density at radius 2 is 2.26 bits per heavy atom. The summed E-state index contributed by atoms with van der Waals surface area (Å²) in [6.07, 6.45) is 3.33. The molecule has 3 heteroatoms. The molecule has 19 heavy (non-hydrogen) atoms. The Labute approximate surface area is 113 Å². The Hall–Kier alpha value is -1.35. The van der Waals surface area contributed by atoms with E-state index >= 15 is 0 Å². The van der Waals surface area contributed by atoms with Crippen LogP contribution in [0.1, 0.15) is 29.9 Å². The summed E-state index contributed by atoms with van der Waals surface area (Å²) in [7, 11) is 0. The highest BCUT2D eigenvalue weighted by atomic mass is 16.2. The van der Waals surface area contributed by atoms with E-state index in [9.17, 15) is 4.79 Å². The molecule has 4 rings (SSSR count). The van der Waals surface area contributed by atoms with E-state index in [4.69, 9.17) is 0 Å². The lowest BCUT2D eigenvalue weighted by Crippen LogP contribution is -2.41. The lowest BCUT2D eigenvalue weighted by molar-refractivity contribution is -0.122. The normalized spacial score (nSPS) is 34.7. The Morgan fingerprint density at radius 1 is 1.37 bits per heavy atom. The number of hydrogen-bond donors (Lipinski definition) is 2. The molecule has 1 aromatic rings. The predicted octanol–water partition coefficient (Wildman–Crippen LogP) is 1.44.